The van der Waals surface area contributed by atoms with Gasteiger partial charge in [0.1, 0.15) is 5.52 Å². The average molecular weight is 909 g/mol. The van der Waals surface area contributed by atoms with Crippen molar-refractivity contribution in [1.82, 2.24) is 19.9 Å². The van der Waals surface area contributed by atoms with Crippen molar-refractivity contribution >= 4 is 50.3 Å². The first-order valence-electron chi connectivity index (χ1n) is 23.7. The second kappa shape index (κ2) is 18.9. The summed E-state index contributed by atoms with van der Waals surface area (Å²) in [5.41, 5.74) is 17.4. The van der Waals surface area contributed by atoms with Crippen molar-refractivity contribution in [3.05, 3.63) is 259 Å². The number of rotatable bonds is 10. The molecule has 12 aromatic rings. The molecule has 12 rings (SSSR count). The fourth-order valence-corrected chi connectivity index (χ4v) is 9.54. The van der Waals surface area contributed by atoms with Crippen molar-refractivity contribution in [2.24, 2.45) is 9.98 Å². The summed E-state index contributed by atoms with van der Waals surface area (Å²) >= 11 is 0. The predicted octanol–water partition coefficient (Wildman–Crippen LogP) is 15.9. The van der Waals surface area contributed by atoms with Crippen LogP contribution in [0, 0.1) is 0 Å². The minimum Gasteiger partial charge on any atom is -0.287 e. The van der Waals surface area contributed by atoms with Gasteiger partial charge in [0.2, 0.25) is 0 Å². The van der Waals surface area contributed by atoms with E-state index in [1.807, 2.05) is 73.9 Å². The molecule has 71 heavy (non-hydrogen) atoms. The van der Waals surface area contributed by atoms with Crippen molar-refractivity contribution in [2.75, 3.05) is 7.05 Å². The lowest BCUT2D eigenvalue weighted by atomic mass is 9.92. The van der Waals surface area contributed by atoms with Gasteiger partial charge in [-0.05, 0) is 58.1 Å². The third-order valence-corrected chi connectivity index (χ3v) is 13.0. The lowest BCUT2D eigenvalue weighted by Gasteiger charge is -2.17. The van der Waals surface area contributed by atoms with Crippen LogP contribution in [0.4, 0.5) is 5.69 Å². The molecular weight excluding hydrogens is 865 g/mol. The smallest absolute Gasteiger partial charge is 0.160 e. The second-order valence-corrected chi connectivity index (χ2v) is 17.4. The first-order chi connectivity index (χ1) is 35.2. The van der Waals surface area contributed by atoms with Gasteiger partial charge < -0.3 is 0 Å². The van der Waals surface area contributed by atoms with Crippen molar-refractivity contribution in [3.63, 3.8) is 0 Å². The number of aromatic nitrogens is 4. The van der Waals surface area contributed by atoms with E-state index in [1.165, 1.54) is 0 Å². The van der Waals surface area contributed by atoms with E-state index in [4.69, 9.17) is 29.9 Å². The Hall–Kier alpha value is -9.52. The van der Waals surface area contributed by atoms with Gasteiger partial charge in [-0.25, -0.2) is 19.9 Å². The molecule has 0 N–H and O–H groups in total. The van der Waals surface area contributed by atoms with Gasteiger partial charge in [-0.1, -0.05) is 212 Å². The maximum atomic E-state index is 5.44. The Morgan fingerprint density at radius 2 is 0.845 bits per heavy atom. The second-order valence-electron chi connectivity index (χ2n) is 17.4. The van der Waals surface area contributed by atoms with E-state index in [0.717, 1.165) is 122 Å². The van der Waals surface area contributed by atoms with Crippen LogP contribution < -0.4 is 0 Å². The predicted molar refractivity (Wildman–Crippen MR) is 294 cm³/mol. The van der Waals surface area contributed by atoms with E-state index in [1.54, 1.807) is 0 Å². The number of hydrogen-bond donors (Lipinski definition) is 0. The fraction of sp³-hybridized carbons (Fsp3) is 0.0154. The highest BCUT2D eigenvalue weighted by Gasteiger charge is 2.22. The van der Waals surface area contributed by atoms with Crippen LogP contribution in [0.5, 0.6) is 0 Å². The third-order valence-electron chi connectivity index (χ3n) is 13.0. The van der Waals surface area contributed by atoms with Crippen molar-refractivity contribution < 1.29 is 0 Å². The monoisotopic (exact) mass is 908 g/mol. The molecule has 0 aliphatic carbocycles. The van der Waals surface area contributed by atoms with Gasteiger partial charge in [-0.15, -0.1) is 0 Å². The Morgan fingerprint density at radius 3 is 1.42 bits per heavy atom. The summed E-state index contributed by atoms with van der Waals surface area (Å²) in [6, 6.07) is 83.6. The topological polar surface area (TPSA) is 76.3 Å². The number of pyridine rings is 2. The Balaban J connectivity index is 1.08. The average Bonchev–Trinajstić information content (AvgIpc) is 3.45. The Labute approximate surface area is 412 Å². The summed E-state index contributed by atoms with van der Waals surface area (Å²) < 4.78 is 0. The number of nitrogens with zero attached hydrogens (tertiary/aromatic N) is 6. The van der Waals surface area contributed by atoms with Crippen LogP contribution >= 0.6 is 0 Å². The molecule has 0 atom stereocenters. The van der Waals surface area contributed by atoms with Crippen LogP contribution in [0.3, 0.4) is 0 Å². The van der Waals surface area contributed by atoms with Gasteiger partial charge in [-0.2, -0.15) is 0 Å². The summed E-state index contributed by atoms with van der Waals surface area (Å²) in [5, 5.41) is 2.91. The molecule has 0 saturated carbocycles. The van der Waals surface area contributed by atoms with Gasteiger partial charge in [0.05, 0.1) is 39.5 Å². The van der Waals surface area contributed by atoms with E-state index in [0.29, 0.717) is 5.82 Å². The van der Waals surface area contributed by atoms with E-state index in [2.05, 4.69) is 182 Å². The largest absolute Gasteiger partial charge is 0.287 e. The van der Waals surface area contributed by atoms with Crippen LogP contribution in [-0.2, 0) is 0 Å². The highest BCUT2D eigenvalue weighted by Crippen LogP contribution is 2.41. The summed E-state index contributed by atoms with van der Waals surface area (Å²) in [5.74, 6) is 0.616. The van der Waals surface area contributed by atoms with Gasteiger partial charge in [0, 0.05) is 62.8 Å². The molecular formula is C65H44N6. The zero-order valence-corrected chi connectivity index (χ0v) is 38.9. The molecule has 0 unspecified atom stereocenters. The molecule has 334 valence electrons. The van der Waals surface area contributed by atoms with Crippen molar-refractivity contribution in [2.45, 2.75) is 0 Å². The van der Waals surface area contributed by atoms with Gasteiger partial charge in [0.15, 0.2) is 5.82 Å². The van der Waals surface area contributed by atoms with Gasteiger partial charge >= 0.3 is 0 Å². The van der Waals surface area contributed by atoms with E-state index in [-0.39, 0.29) is 0 Å². The Morgan fingerprint density at radius 1 is 0.380 bits per heavy atom. The first-order valence-corrected chi connectivity index (χ1v) is 23.7. The normalized spacial score (nSPS) is 11.8. The first kappa shape index (κ1) is 42.8. The Bertz CT molecular complexity index is 3950. The molecule has 0 spiro atoms. The van der Waals surface area contributed by atoms with Crippen LogP contribution in [0.15, 0.2) is 253 Å². The van der Waals surface area contributed by atoms with Gasteiger partial charge in [-0.3, -0.25) is 9.98 Å². The molecule has 9 aromatic carbocycles. The summed E-state index contributed by atoms with van der Waals surface area (Å²) in [7, 11) is 1.85. The minimum atomic E-state index is 0.616. The maximum absolute atomic E-state index is 5.44. The number of fused-ring (bicyclic) bond motifs is 4. The van der Waals surface area contributed by atoms with Crippen molar-refractivity contribution in [1.29, 1.82) is 0 Å². The SMILES string of the molecule is CN=C(c1cccc(-c2nc(-c3ccccc3)nc3c2ccc2c(-c4ccccc4)cc(-c4ccccc4)nc23)c1)c1ccc2c(-c3ccccc3)cc(-c3ccccc3)nc2c1N=Cc1ccccc1. The molecule has 0 aliphatic heterocycles. The minimum absolute atomic E-state index is 0.616. The zero-order valence-electron chi connectivity index (χ0n) is 38.9. The molecule has 0 fully saturated rings. The molecule has 0 saturated heterocycles. The standard InChI is InChI=1S/C65H44N6/c1-66-59(53-37-35-51-55(44-23-10-3-11-24-44)40-57(46-27-14-5-15-28-46)68-62(51)61(53)67-42-43-21-8-2-9-22-43)49-33-20-34-50(39-49)60-54-38-36-52-56(45-25-12-4-13-26-45)41-58(47-29-16-6-17-30-47)69-63(52)64(54)71-65(70-60)48-31-18-7-19-32-48/h2-42H,1H3. The third kappa shape index (κ3) is 8.34. The van der Waals surface area contributed by atoms with E-state index < -0.39 is 0 Å². The van der Waals surface area contributed by atoms with E-state index in [9.17, 15) is 0 Å². The highest BCUT2D eigenvalue weighted by atomic mass is 14.9. The fourth-order valence-electron chi connectivity index (χ4n) is 9.54. The van der Waals surface area contributed by atoms with Crippen LogP contribution in [0.25, 0.3) is 100 Å². The molecule has 6 heteroatoms. The molecule has 6 nitrogen and oxygen atoms in total. The molecule has 0 radical (unpaired) electrons. The molecule has 3 aromatic heterocycles. The lowest BCUT2D eigenvalue weighted by Crippen LogP contribution is -2.06. The molecule has 0 bridgehead atoms. The molecule has 3 heterocycles. The van der Waals surface area contributed by atoms with Crippen LogP contribution in [0.2, 0.25) is 0 Å². The number of hydrogen-bond acceptors (Lipinski definition) is 6. The highest BCUT2D eigenvalue weighted by molar-refractivity contribution is 6.20. The van der Waals surface area contributed by atoms with Crippen molar-refractivity contribution in [3.8, 4) is 67.4 Å². The van der Waals surface area contributed by atoms with Crippen LogP contribution in [-0.4, -0.2) is 38.9 Å². The molecule has 0 amide bonds. The summed E-state index contributed by atoms with van der Waals surface area (Å²) in [4.78, 5) is 32.0. The number of aliphatic imine (C=N–C) groups is 2. The number of benzene rings is 9. The van der Waals surface area contributed by atoms with Crippen LogP contribution in [0.1, 0.15) is 16.7 Å². The quantitative estimate of drug-likeness (QED) is 0.101. The summed E-state index contributed by atoms with van der Waals surface area (Å²) in [6.07, 6.45) is 1.92. The zero-order chi connectivity index (χ0) is 47.5. The Kier molecular flexibility index (Phi) is 11.4. The summed E-state index contributed by atoms with van der Waals surface area (Å²) in [6.45, 7) is 0. The molecule has 0 aliphatic rings. The van der Waals surface area contributed by atoms with E-state index >= 15 is 0 Å². The maximum Gasteiger partial charge on any atom is 0.160 e. The lowest BCUT2D eigenvalue weighted by molar-refractivity contribution is 1.23. The van der Waals surface area contributed by atoms with Gasteiger partial charge in [0.25, 0.3) is 0 Å².